The fraction of sp³-hybridized carbons (Fsp3) is 0.719. The molecule has 0 saturated carbocycles. The van der Waals surface area contributed by atoms with E-state index in [0.29, 0.717) is 0 Å². The van der Waals surface area contributed by atoms with Crippen molar-refractivity contribution in [3.63, 3.8) is 0 Å². The second-order valence-corrected chi connectivity index (χ2v) is 10.4. The van der Waals surface area contributed by atoms with Crippen LogP contribution in [0, 0.1) is 0 Å². The summed E-state index contributed by atoms with van der Waals surface area (Å²) in [6.07, 6.45) is 32.4. The lowest BCUT2D eigenvalue weighted by Gasteiger charge is -2.06. The van der Waals surface area contributed by atoms with Crippen molar-refractivity contribution in [3.05, 3.63) is 48.5 Å². The van der Waals surface area contributed by atoms with E-state index >= 15 is 0 Å². The molecule has 0 radical (unpaired) electrons. The minimum absolute atomic E-state index is 1.17. The molecule has 0 spiro atoms. The average molecular weight is 468 g/mol. The van der Waals surface area contributed by atoms with Crippen LogP contribution in [-0.4, -0.2) is 4.57 Å². The number of benzene rings is 1. The predicted molar refractivity (Wildman–Crippen MR) is 149 cm³/mol. The summed E-state index contributed by atoms with van der Waals surface area (Å²) < 4.78 is 4.96. The van der Waals surface area contributed by atoms with Crippen LogP contribution in [0.1, 0.15) is 142 Å². The minimum Gasteiger partial charge on any atom is -0.234 e. The van der Waals surface area contributed by atoms with Crippen molar-refractivity contribution < 1.29 is 4.57 Å². The zero-order valence-electron chi connectivity index (χ0n) is 22.8. The van der Waals surface area contributed by atoms with Crippen LogP contribution in [0.3, 0.4) is 0 Å². The van der Waals surface area contributed by atoms with E-state index in [9.17, 15) is 0 Å². The van der Waals surface area contributed by atoms with E-state index in [-0.39, 0.29) is 0 Å². The van der Waals surface area contributed by atoms with Gasteiger partial charge in [-0.15, -0.1) is 0 Å². The summed E-state index contributed by atoms with van der Waals surface area (Å²) >= 11 is 0. The summed E-state index contributed by atoms with van der Waals surface area (Å²) in [5, 5.41) is 0. The highest BCUT2D eigenvalue weighted by Crippen LogP contribution is 2.15. The molecule has 1 aromatic heterocycles. The monoisotopic (exact) mass is 467 g/mol. The van der Waals surface area contributed by atoms with Crippen molar-refractivity contribution >= 4 is 0 Å². The van der Waals surface area contributed by atoms with Crippen LogP contribution in [-0.2, 0) is 13.0 Å². The predicted octanol–water partition coefficient (Wildman–Crippen LogP) is 9.76. The third kappa shape index (κ3) is 12.2. The Morgan fingerprint density at radius 1 is 0.559 bits per heavy atom. The number of para-hydroxylation sites is 1. The highest BCUT2D eigenvalue weighted by molar-refractivity contribution is 5.31. The molecule has 0 saturated heterocycles. The molecule has 0 N–H and O–H groups in total. The number of aryl methyl sites for hydroxylation is 1. The summed E-state index contributed by atoms with van der Waals surface area (Å²) in [6.45, 7) is 5.76. The highest BCUT2D eigenvalue weighted by atomic mass is 15.1. The lowest BCUT2D eigenvalue weighted by Crippen LogP contribution is -2.37. The smallest absolute Gasteiger partial charge is 0.234 e. The molecule has 2 heteroatoms. The first kappa shape index (κ1) is 28.7. The summed E-state index contributed by atoms with van der Waals surface area (Å²) in [6, 6.07) is 10.9. The molecular weight excluding hydrogens is 412 g/mol. The maximum Gasteiger partial charge on any atom is 0.261 e. The third-order valence-corrected chi connectivity index (χ3v) is 7.30. The number of unbranched alkanes of at least 4 members (excludes halogenated alkanes) is 17. The Bertz CT molecular complexity index is 703. The SMILES string of the molecule is CCCCCCCCCCCCCCCc1n(-c2ccccc2)cc[n+]1CCCCCCCC. The van der Waals surface area contributed by atoms with E-state index in [1.165, 1.54) is 146 Å². The quantitative estimate of drug-likeness (QED) is 0.120. The number of hydrogen-bond donors (Lipinski definition) is 0. The van der Waals surface area contributed by atoms with Gasteiger partial charge in [0, 0.05) is 6.42 Å². The molecule has 1 aromatic carbocycles. The maximum absolute atomic E-state index is 2.54. The second kappa shape index (κ2) is 19.7. The van der Waals surface area contributed by atoms with E-state index in [0.717, 1.165) is 0 Å². The first-order chi connectivity index (χ1) is 16.9. The van der Waals surface area contributed by atoms with Crippen molar-refractivity contribution in [2.45, 2.75) is 149 Å². The first-order valence-electron chi connectivity index (χ1n) is 15.0. The summed E-state index contributed by atoms with van der Waals surface area (Å²) in [5.41, 5.74) is 1.30. The van der Waals surface area contributed by atoms with Gasteiger partial charge in [0.15, 0.2) is 0 Å². The summed E-state index contributed by atoms with van der Waals surface area (Å²) in [7, 11) is 0. The first-order valence-corrected chi connectivity index (χ1v) is 15.0. The fourth-order valence-corrected chi connectivity index (χ4v) is 5.11. The number of rotatable bonds is 22. The van der Waals surface area contributed by atoms with E-state index in [1.54, 1.807) is 0 Å². The van der Waals surface area contributed by atoms with E-state index < -0.39 is 0 Å². The summed E-state index contributed by atoms with van der Waals surface area (Å²) in [5.74, 6) is 1.49. The molecule has 1 heterocycles. The Morgan fingerprint density at radius 3 is 1.56 bits per heavy atom. The highest BCUT2D eigenvalue weighted by Gasteiger charge is 2.18. The molecule has 192 valence electrons. The minimum atomic E-state index is 1.17. The Labute approximate surface area is 212 Å². The van der Waals surface area contributed by atoms with Crippen LogP contribution in [0.15, 0.2) is 42.7 Å². The molecule has 0 atom stereocenters. The Kier molecular flexibility index (Phi) is 16.6. The molecule has 0 unspecified atom stereocenters. The van der Waals surface area contributed by atoms with Crippen LogP contribution in [0.25, 0.3) is 5.69 Å². The number of nitrogens with zero attached hydrogens (tertiary/aromatic N) is 2. The molecule has 0 aliphatic carbocycles. The maximum atomic E-state index is 2.54. The molecule has 0 aliphatic heterocycles. The molecular formula is C32H55N2+. The zero-order chi connectivity index (χ0) is 24.1. The van der Waals surface area contributed by atoms with Gasteiger partial charge in [0.2, 0.25) is 0 Å². The topological polar surface area (TPSA) is 8.81 Å². The molecule has 0 fully saturated rings. The van der Waals surface area contributed by atoms with Gasteiger partial charge >= 0.3 is 0 Å². The van der Waals surface area contributed by atoms with Crippen LogP contribution in [0.5, 0.6) is 0 Å². The lowest BCUT2D eigenvalue weighted by atomic mass is 10.0. The van der Waals surface area contributed by atoms with Gasteiger partial charge in [0.25, 0.3) is 5.82 Å². The van der Waals surface area contributed by atoms with Gasteiger partial charge in [-0.25, -0.2) is 4.57 Å². The van der Waals surface area contributed by atoms with E-state index in [2.05, 4.69) is 65.7 Å². The Balaban J connectivity index is 1.67. The van der Waals surface area contributed by atoms with Gasteiger partial charge in [-0.05, 0) is 31.4 Å². The molecule has 0 bridgehead atoms. The molecule has 2 rings (SSSR count). The third-order valence-electron chi connectivity index (χ3n) is 7.30. The van der Waals surface area contributed by atoms with E-state index in [1.807, 2.05) is 0 Å². The second-order valence-electron chi connectivity index (χ2n) is 10.4. The average Bonchev–Trinajstić information content (AvgIpc) is 3.27. The van der Waals surface area contributed by atoms with Crippen LogP contribution in [0.2, 0.25) is 0 Å². The summed E-state index contributed by atoms with van der Waals surface area (Å²) in [4.78, 5) is 0. The molecule has 34 heavy (non-hydrogen) atoms. The lowest BCUT2D eigenvalue weighted by molar-refractivity contribution is -0.704. The van der Waals surface area contributed by atoms with Crippen molar-refractivity contribution in [2.24, 2.45) is 0 Å². The standard InChI is InChI=1S/C32H55N2/c1-3-5-7-9-11-12-13-14-15-16-17-18-23-27-32-33(28-24-19-10-8-6-4-2)29-30-34(32)31-25-21-20-22-26-31/h20-22,25-26,29-30H,3-19,23-24,27-28H2,1-2H3/q+1. The fourth-order valence-electron chi connectivity index (χ4n) is 5.11. The van der Waals surface area contributed by atoms with Gasteiger partial charge in [-0.3, -0.25) is 0 Å². The number of aromatic nitrogens is 2. The van der Waals surface area contributed by atoms with Gasteiger partial charge in [-0.1, -0.05) is 135 Å². The zero-order valence-corrected chi connectivity index (χ0v) is 22.8. The van der Waals surface area contributed by atoms with Crippen molar-refractivity contribution in [2.75, 3.05) is 0 Å². The molecule has 2 nitrogen and oxygen atoms in total. The largest absolute Gasteiger partial charge is 0.261 e. The molecule has 2 aromatic rings. The molecule has 0 aliphatic rings. The normalized spacial score (nSPS) is 11.4. The van der Waals surface area contributed by atoms with Crippen molar-refractivity contribution in [3.8, 4) is 5.69 Å². The van der Waals surface area contributed by atoms with E-state index in [4.69, 9.17) is 0 Å². The van der Waals surface area contributed by atoms with Crippen LogP contribution >= 0.6 is 0 Å². The number of imidazole rings is 1. The van der Waals surface area contributed by atoms with Gasteiger partial charge in [0.05, 0.1) is 6.54 Å². The van der Waals surface area contributed by atoms with Gasteiger partial charge in [0.1, 0.15) is 18.1 Å². The van der Waals surface area contributed by atoms with Crippen LogP contribution in [0.4, 0.5) is 0 Å². The Morgan fingerprint density at radius 2 is 1.03 bits per heavy atom. The number of hydrogen-bond acceptors (Lipinski definition) is 0. The molecule has 0 amide bonds. The van der Waals surface area contributed by atoms with Crippen molar-refractivity contribution in [1.29, 1.82) is 0 Å². The Hall–Kier alpha value is -1.57. The van der Waals surface area contributed by atoms with Gasteiger partial charge < -0.3 is 0 Å². The van der Waals surface area contributed by atoms with Crippen LogP contribution < -0.4 is 4.57 Å². The van der Waals surface area contributed by atoms with Crippen molar-refractivity contribution in [1.82, 2.24) is 4.57 Å². The van der Waals surface area contributed by atoms with Gasteiger partial charge in [-0.2, -0.15) is 4.57 Å².